The summed E-state index contributed by atoms with van der Waals surface area (Å²) >= 11 is 0. The number of aliphatic hydroxyl groups is 1. The normalized spacial score (nSPS) is 18.4. The molecule has 1 amide bonds. The zero-order valence-electron chi connectivity index (χ0n) is 20.2. The average molecular weight is 526 g/mol. The Labute approximate surface area is 214 Å². The number of carbonyl (C=O) groups is 1. The van der Waals surface area contributed by atoms with Crippen molar-refractivity contribution in [3.05, 3.63) is 99.6 Å². The molecule has 37 heavy (non-hydrogen) atoms. The smallest absolute Gasteiger partial charge is 0.269 e. The van der Waals surface area contributed by atoms with Crippen molar-refractivity contribution in [2.45, 2.75) is 42.9 Å². The summed E-state index contributed by atoms with van der Waals surface area (Å²) in [7, 11) is -4.19. The Bertz CT molecular complexity index is 1410. The highest BCUT2D eigenvalue weighted by Gasteiger charge is 2.45. The number of sulfonamides is 1. The molecule has 0 saturated carbocycles. The fourth-order valence-electron chi connectivity index (χ4n) is 4.12. The first kappa shape index (κ1) is 26.3. The summed E-state index contributed by atoms with van der Waals surface area (Å²) in [6.45, 7) is 3.65. The Kier molecular flexibility index (Phi) is 7.30. The van der Waals surface area contributed by atoms with E-state index >= 15 is 0 Å². The van der Waals surface area contributed by atoms with Crippen molar-refractivity contribution in [3.8, 4) is 5.75 Å². The van der Waals surface area contributed by atoms with E-state index in [-0.39, 0.29) is 22.1 Å². The number of hydrogen-bond donors (Lipinski definition) is 3. The molecule has 0 saturated heterocycles. The number of nitrogens with zero attached hydrogens (tertiary/aromatic N) is 1. The molecule has 3 N–H and O–H groups in total. The molecule has 0 radical (unpaired) electrons. The number of nitro benzene ring substituents is 1. The van der Waals surface area contributed by atoms with Crippen LogP contribution in [0.3, 0.4) is 0 Å². The molecule has 0 aliphatic carbocycles. The van der Waals surface area contributed by atoms with Crippen LogP contribution in [0.2, 0.25) is 0 Å². The Hall–Kier alpha value is -3.80. The summed E-state index contributed by atoms with van der Waals surface area (Å²) in [5, 5.41) is 24.8. The predicted molar refractivity (Wildman–Crippen MR) is 136 cm³/mol. The SMILES string of the molecule is CC1(C)Oc2ccc(C(=O)NCCc3ccccc3)cc2C(NS(=O)(=O)c2ccc([N+](=O)[O-])cc2)C1O. The Morgan fingerprint density at radius 3 is 2.41 bits per heavy atom. The molecular formula is C26H27N3O7S. The van der Waals surface area contributed by atoms with Gasteiger partial charge in [-0.25, -0.2) is 13.1 Å². The van der Waals surface area contributed by atoms with Gasteiger partial charge in [-0.2, -0.15) is 0 Å². The number of ether oxygens (including phenoxy) is 1. The lowest BCUT2D eigenvalue weighted by atomic mass is 9.86. The highest BCUT2D eigenvalue weighted by molar-refractivity contribution is 7.89. The number of carbonyl (C=O) groups excluding carboxylic acids is 1. The molecule has 4 rings (SSSR count). The van der Waals surface area contributed by atoms with E-state index in [1.165, 1.54) is 6.07 Å². The molecule has 2 unspecified atom stereocenters. The first-order chi connectivity index (χ1) is 17.5. The molecule has 0 fully saturated rings. The van der Waals surface area contributed by atoms with Crippen molar-refractivity contribution in [2.24, 2.45) is 0 Å². The molecule has 10 nitrogen and oxygen atoms in total. The standard InChI is InChI=1S/C26H27N3O7S/c1-26(2)24(30)23(28-37(34,35)20-11-9-19(10-12-20)29(32)33)21-16-18(8-13-22(21)36-26)25(31)27-15-14-17-6-4-3-5-7-17/h3-13,16,23-24,28,30H,14-15H2,1-2H3,(H,27,31). The van der Waals surface area contributed by atoms with Gasteiger partial charge in [0.05, 0.1) is 15.9 Å². The second-order valence-corrected chi connectivity index (χ2v) is 11.0. The van der Waals surface area contributed by atoms with E-state index in [4.69, 9.17) is 4.74 Å². The van der Waals surface area contributed by atoms with Crippen molar-refractivity contribution in [3.63, 3.8) is 0 Å². The number of nitro groups is 1. The van der Waals surface area contributed by atoms with Gasteiger partial charge in [-0.1, -0.05) is 30.3 Å². The molecule has 194 valence electrons. The number of benzene rings is 3. The van der Waals surface area contributed by atoms with E-state index in [2.05, 4.69) is 10.0 Å². The maximum absolute atomic E-state index is 13.1. The van der Waals surface area contributed by atoms with E-state index < -0.39 is 32.7 Å². The van der Waals surface area contributed by atoms with Crippen molar-refractivity contribution < 1.29 is 28.0 Å². The highest BCUT2D eigenvalue weighted by atomic mass is 32.2. The van der Waals surface area contributed by atoms with Crippen LogP contribution >= 0.6 is 0 Å². The minimum absolute atomic E-state index is 0.203. The first-order valence-corrected chi connectivity index (χ1v) is 13.1. The zero-order valence-corrected chi connectivity index (χ0v) is 21.1. The Morgan fingerprint density at radius 1 is 1.08 bits per heavy atom. The second kappa shape index (κ2) is 10.3. The van der Waals surface area contributed by atoms with Gasteiger partial charge in [0.1, 0.15) is 17.5 Å². The number of amides is 1. The molecular weight excluding hydrogens is 498 g/mol. The molecule has 0 aromatic heterocycles. The lowest BCUT2D eigenvalue weighted by Crippen LogP contribution is -2.53. The summed E-state index contributed by atoms with van der Waals surface area (Å²) < 4.78 is 34.7. The van der Waals surface area contributed by atoms with Gasteiger partial charge in [0, 0.05) is 29.8 Å². The highest BCUT2D eigenvalue weighted by Crippen LogP contribution is 2.41. The third-order valence-electron chi connectivity index (χ3n) is 6.19. The number of non-ortho nitro benzene ring substituents is 1. The molecule has 0 spiro atoms. The van der Waals surface area contributed by atoms with E-state index in [0.29, 0.717) is 24.3 Å². The number of aliphatic hydroxyl groups excluding tert-OH is 1. The van der Waals surface area contributed by atoms with Gasteiger partial charge in [0.15, 0.2) is 0 Å². The van der Waals surface area contributed by atoms with Crippen LogP contribution in [0.5, 0.6) is 5.75 Å². The maximum Gasteiger partial charge on any atom is 0.269 e. The molecule has 3 aromatic rings. The Morgan fingerprint density at radius 2 is 1.76 bits per heavy atom. The van der Waals surface area contributed by atoms with Crippen LogP contribution < -0.4 is 14.8 Å². The molecule has 0 bridgehead atoms. The van der Waals surface area contributed by atoms with Crippen molar-refractivity contribution in [1.29, 1.82) is 0 Å². The van der Waals surface area contributed by atoms with Crippen molar-refractivity contribution >= 4 is 21.6 Å². The van der Waals surface area contributed by atoms with Crippen molar-refractivity contribution in [2.75, 3.05) is 6.54 Å². The van der Waals surface area contributed by atoms with E-state index in [1.807, 2.05) is 30.3 Å². The largest absolute Gasteiger partial charge is 0.485 e. The second-order valence-electron chi connectivity index (χ2n) is 9.24. The van der Waals surface area contributed by atoms with Crippen molar-refractivity contribution in [1.82, 2.24) is 10.0 Å². The molecule has 1 aliphatic heterocycles. The summed E-state index contributed by atoms with van der Waals surface area (Å²) in [6, 6.07) is 17.6. The van der Waals surface area contributed by atoms with Gasteiger partial charge in [-0.05, 0) is 56.2 Å². The lowest BCUT2D eigenvalue weighted by molar-refractivity contribution is -0.384. The fourth-order valence-corrected chi connectivity index (χ4v) is 5.34. The molecule has 1 heterocycles. The maximum atomic E-state index is 13.1. The van der Waals surface area contributed by atoms with Gasteiger partial charge in [-0.3, -0.25) is 14.9 Å². The molecule has 3 aromatic carbocycles. The predicted octanol–water partition coefficient (Wildman–Crippen LogP) is 3.12. The molecule has 1 aliphatic rings. The van der Waals surface area contributed by atoms with E-state index in [0.717, 1.165) is 29.8 Å². The van der Waals surface area contributed by atoms with Gasteiger partial charge < -0.3 is 15.2 Å². The monoisotopic (exact) mass is 525 g/mol. The minimum atomic E-state index is -4.19. The number of rotatable bonds is 8. The fraction of sp³-hybridized carbons (Fsp3) is 0.269. The lowest BCUT2D eigenvalue weighted by Gasteiger charge is -2.42. The number of hydrogen-bond acceptors (Lipinski definition) is 7. The topological polar surface area (TPSA) is 148 Å². The minimum Gasteiger partial charge on any atom is -0.485 e. The third kappa shape index (κ3) is 5.79. The Balaban J connectivity index is 1.58. The van der Waals surface area contributed by atoms with Crippen LogP contribution in [0.4, 0.5) is 5.69 Å². The summed E-state index contributed by atoms with van der Waals surface area (Å²) in [4.78, 5) is 22.9. The summed E-state index contributed by atoms with van der Waals surface area (Å²) in [5.74, 6) is -0.0254. The summed E-state index contributed by atoms with van der Waals surface area (Å²) in [6.07, 6.45) is -0.658. The van der Waals surface area contributed by atoms with Gasteiger partial charge >= 0.3 is 0 Å². The van der Waals surface area contributed by atoms with Crippen LogP contribution in [-0.4, -0.2) is 42.6 Å². The number of fused-ring (bicyclic) bond motifs is 1. The van der Waals surface area contributed by atoms with Crippen LogP contribution in [0, 0.1) is 10.1 Å². The average Bonchev–Trinajstić information content (AvgIpc) is 2.87. The molecule has 11 heteroatoms. The number of nitrogens with one attached hydrogen (secondary N) is 2. The van der Waals surface area contributed by atoms with E-state index in [9.17, 15) is 28.4 Å². The quantitative estimate of drug-likeness (QED) is 0.302. The third-order valence-corrected chi connectivity index (χ3v) is 7.65. The molecule has 2 atom stereocenters. The van der Waals surface area contributed by atoms with Gasteiger partial charge in [0.2, 0.25) is 10.0 Å². The van der Waals surface area contributed by atoms with E-state index in [1.54, 1.807) is 26.0 Å². The first-order valence-electron chi connectivity index (χ1n) is 11.6. The van der Waals surface area contributed by atoms with Gasteiger partial charge in [0.25, 0.3) is 11.6 Å². The van der Waals surface area contributed by atoms with Crippen LogP contribution in [0.15, 0.2) is 77.7 Å². The van der Waals surface area contributed by atoms with Crippen LogP contribution in [0.1, 0.15) is 41.4 Å². The van der Waals surface area contributed by atoms with Gasteiger partial charge in [-0.15, -0.1) is 0 Å². The zero-order chi connectivity index (χ0) is 26.8. The van der Waals surface area contributed by atoms with Crippen LogP contribution in [0.25, 0.3) is 0 Å². The summed E-state index contributed by atoms with van der Waals surface area (Å²) in [5.41, 5.74) is 0.261. The van der Waals surface area contributed by atoms with Crippen LogP contribution in [-0.2, 0) is 16.4 Å².